The second-order valence-electron chi connectivity index (χ2n) is 5.13. The van der Waals surface area contributed by atoms with Crippen LogP contribution in [0.2, 0.25) is 0 Å². The molecule has 0 fully saturated rings. The maximum atomic E-state index is 12.3. The molecule has 2 rings (SSSR count). The van der Waals surface area contributed by atoms with Crippen LogP contribution in [0.15, 0.2) is 42.5 Å². The van der Waals surface area contributed by atoms with Crippen molar-refractivity contribution in [2.45, 2.75) is 20.2 Å². The molecular formula is C16H15F3N2O2. The lowest BCUT2D eigenvalue weighted by molar-refractivity contribution is -0.274. The minimum absolute atomic E-state index is 0.191. The minimum atomic E-state index is -4.75. The molecule has 0 aliphatic carbocycles. The summed E-state index contributed by atoms with van der Waals surface area (Å²) >= 11 is 0. The zero-order valence-electron chi connectivity index (χ0n) is 12.5. The van der Waals surface area contributed by atoms with Gasteiger partial charge in [-0.1, -0.05) is 32.0 Å². The van der Waals surface area contributed by atoms with E-state index in [0.717, 1.165) is 0 Å². The third kappa shape index (κ3) is 4.98. The van der Waals surface area contributed by atoms with Crippen LogP contribution in [0.5, 0.6) is 5.75 Å². The molecule has 0 bridgehead atoms. The van der Waals surface area contributed by atoms with Crippen LogP contribution in [-0.4, -0.2) is 17.3 Å². The summed E-state index contributed by atoms with van der Waals surface area (Å²) in [4.78, 5) is 15.9. The molecule has 0 spiro atoms. The number of carbonyl (C=O) groups excluding carboxylic acids is 1. The van der Waals surface area contributed by atoms with Crippen LogP contribution >= 0.6 is 0 Å². The SMILES string of the molecule is CC(C)C(=O)Nc1cccc(-c2cccc(OC(F)(F)F)c2)n1. The van der Waals surface area contributed by atoms with Crippen LogP contribution in [0.1, 0.15) is 13.8 Å². The second kappa shape index (κ2) is 6.68. The number of ether oxygens (including phenoxy) is 1. The van der Waals surface area contributed by atoms with Crippen molar-refractivity contribution in [1.82, 2.24) is 4.98 Å². The van der Waals surface area contributed by atoms with Gasteiger partial charge in [-0.05, 0) is 24.3 Å². The average Bonchev–Trinajstić information content (AvgIpc) is 2.46. The van der Waals surface area contributed by atoms with Gasteiger partial charge in [0.25, 0.3) is 0 Å². The molecule has 0 saturated carbocycles. The zero-order valence-corrected chi connectivity index (χ0v) is 12.5. The molecule has 0 aliphatic rings. The molecule has 2 aromatic rings. The van der Waals surface area contributed by atoms with Gasteiger partial charge in [0.2, 0.25) is 5.91 Å². The number of aromatic nitrogens is 1. The molecule has 122 valence electrons. The highest BCUT2D eigenvalue weighted by Crippen LogP contribution is 2.27. The van der Waals surface area contributed by atoms with Crippen molar-refractivity contribution in [1.29, 1.82) is 0 Å². The molecule has 0 saturated heterocycles. The molecule has 0 radical (unpaired) electrons. The predicted molar refractivity (Wildman–Crippen MR) is 79.8 cm³/mol. The Morgan fingerprint density at radius 3 is 2.52 bits per heavy atom. The molecule has 1 N–H and O–H groups in total. The Morgan fingerprint density at radius 2 is 1.87 bits per heavy atom. The summed E-state index contributed by atoms with van der Waals surface area (Å²) in [5, 5.41) is 2.64. The van der Waals surface area contributed by atoms with E-state index in [0.29, 0.717) is 17.1 Å². The lowest BCUT2D eigenvalue weighted by Gasteiger charge is -2.11. The molecule has 23 heavy (non-hydrogen) atoms. The number of rotatable bonds is 4. The number of hydrogen-bond acceptors (Lipinski definition) is 3. The number of halogens is 3. The third-order valence-electron chi connectivity index (χ3n) is 2.89. The standard InChI is InChI=1S/C16H15F3N2O2/c1-10(2)15(22)21-14-8-4-7-13(20-14)11-5-3-6-12(9-11)23-16(17,18)19/h3-10H,1-2H3,(H,20,21,22). The van der Waals surface area contributed by atoms with E-state index < -0.39 is 6.36 Å². The van der Waals surface area contributed by atoms with Gasteiger partial charge in [0.1, 0.15) is 11.6 Å². The third-order valence-corrected chi connectivity index (χ3v) is 2.89. The maximum absolute atomic E-state index is 12.3. The molecular weight excluding hydrogens is 309 g/mol. The summed E-state index contributed by atoms with van der Waals surface area (Å²) in [5.41, 5.74) is 0.881. The largest absolute Gasteiger partial charge is 0.573 e. The van der Waals surface area contributed by atoms with Crippen molar-refractivity contribution in [2.24, 2.45) is 5.92 Å². The Labute approximate surface area is 131 Å². The van der Waals surface area contributed by atoms with Crippen LogP contribution in [-0.2, 0) is 4.79 Å². The molecule has 1 amide bonds. The first-order valence-corrected chi connectivity index (χ1v) is 6.89. The van der Waals surface area contributed by atoms with Crippen molar-refractivity contribution in [2.75, 3.05) is 5.32 Å². The maximum Gasteiger partial charge on any atom is 0.573 e. The lowest BCUT2D eigenvalue weighted by atomic mass is 10.1. The van der Waals surface area contributed by atoms with E-state index in [4.69, 9.17) is 0 Å². The van der Waals surface area contributed by atoms with E-state index in [2.05, 4.69) is 15.0 Å². The summed E-state index contributed by atoms with van der Waals surface area (Å²) in [6.45, 7) is 3.49. The van der Waals surface area contributed by atoms with Gasteiger partial charge in [0.15, 0.2) is 0 Å². The van der Waals surface area contributed by atoms with Crippen LogP contribution < -0.4 is 10.1 Å². The van der Waals surface area contributed by atoms with Crippen molar-refractivity contribution in [3.05, 3.63) is 42.5 Å². The molecule has 0 atom stereocenters. The van der Waals surface area contributed by atoms with Crippen LogP contribution in [0.25, 0.3) is 11.3 Å². The van der Waals surface area contributed by atoms with E-state index in [1.165, 1.54) is 18.2 Å². The molecule has 0 aliphatic heterocycles. The van der Waals surface area contributed by atoms with Crippen molar-refractivity contribution in [3.8, 4) is 17.0 Å². The quantitative estimate of drug-likeness (QED) is 0.915. The average molecular weight is 324 g/mol. The van der Waals surface area contributed by atoms with E-state index in [-0.39, 0.29) is 17.6 Å². The van der Waals surface area contributed by atoms with Gasteiger partial charge in [0.05, 0.1) is 5.69 Å². The monoisotopic (exact) mass is 324 g/mol. The molecule has 4 nitrogen and oxygen atoms in total. The first-order valence-electron chi connectivity index (χ1n) is 6.89. The van der Waals surface area contributed by atoms with Crippen LogP contribution in [0.4, 0.5) is 19.0 Å². The van der Waals surface area contributed by atoms with Gasteiger partial charge in [-0.2, -0.15) is 0 Å². The van der Waals surface area contributed by atoms with Gasteiger partial charge in [-0.3, -0.25) is 4.79 Å². The molecule has 0 unspecified atom stereocenters. The summed E-state index contributed by atoms with van der Waals surface area (Å²) in [5.74, 6) is -0.385. The second-order valence-corrected chi connectivity index (χ2v) is 5.13. The summed E-state index contributed by atoms with van der Waals surface area (Å²) in [7, 11) is 0. The topological polar surface area (TPSA) is 51.2 Å². The number of anilines is 1. The summed E-state index contributed by atoms with van der Waals surface area (Å²) in [6.07, 6.45) is -4.75. The number of pyridine rings is 1. The Hall–Kier alpha value is -2.57. The van der Waals surface area contributed by atoms with E-state index in [9.17, 15) is 18.0 Å². The minimum Gasteiger partial charge on any atom is -0.406 e. The fourth-order valence-corrected chi connectivity index (χ4v) is 1.79. The number of hydrogen-bond donors (Lipinski definition) is 1. The Balaban J connectivity index is 2.25. The molecule has 1 heterocycles. The Bertz CT molecular complexity index is 700. The number of nitrogens with zero attached hydrogens (tertiary/aromatic N) is 1. The highest BCUT2D eigenvalue weighted by Gasteiger charge is 2.31. The number of amides is 1. The molecule has 1 aromatic heterocycles. The number of carbonyl (C=O) groups is 1. The fourth-order valence-electron chi connectivity index (χ4n) is 1.79. The van der Waals surface area contributed by atoms with Gasteiger partial charge in [0, 0.05) is 11.5 Å². The lowest BCUT2D eigenvalue weighted by Crippen LogP contribution is -2.18. The zero-order chi connectivity index (χ0) is 17.0. The molecule has 1 aromatic carbocycles. The fraction of sp³-hybridized carbons (Fsp3) is 0.250. The van der Waals surface area contributed by atoms with Crippen LogP contribution in [0.3, 0.4) is 0 Å². The Kier molecular flexibility index (Phi) is 4.88. The van der Waals surface area contributed by atoms with Gasteiger partial charge >= 0.3 is 6.36 Å². The molecule has 7 heteroatoms. The summed E-state index contributed by atoms with van der Waals surface area (Å²) < 4.78 is 40.7. The Morgan fingerprint density at radius 1 is 1.17 bits per heavy atom. The highest BCUT2D eigenvalue weighted by atomic mass is 19.4. The van der Waals surface area contributed by atoms with Crippen molar-refractivity contribution < 1.29 is 22.7 Å². The van der Waals surface area contributed by atoms with E-state index in [1.54, 1.807) is 38.1 Å². The van der Waals surface area contributed by atoms with E-state index in [1.807, 2.05) is 0 Å². The number of nitrogens with one attached hydrogen (secondary N) is 1. The normalized spacial score (nSPS) is 11.4. The van der Waals surface area contributed by atoms with E-state index >= 15 is 0 Å². The number of alkyl halides is 3. The van der Waals surface area contributed by atoms with Gasteiger partial charge in [-0.15, -0.1) is 13.2 Å². The highest BCUT2D eigenvalue weighted by molar-refractivity contribution is 5.91. The first kappa shape index (κ1) is 16.8. The first-order chi connectivity index (χ1) is 10.7. The van der Waals surface area contributed by atoms with Crippen molar-refractivity contribution in [3.63, 3.8) is 0 Å². The van der Waals surface area contributed by atoms with Crippen molar-refractivity contribution >= 4 is 11.7 Å². The van der Waals surface area contributed by atoms with Gasteiger partial charge < -0.3 is 10.1 Å². The summed E-state index contributed by atoms with van der Waals surface area (Å²) in [6, 6.07) is 10.4. The van der Waals surface area contributed by atoms with Gasteiger partial charge in [-0.25, -0.2) is 4.98 Å². The predicted octanol–water partition coefficient (Wildman–Crippen LogP) is 4.24. The smallest absolute Gasteiger partial charge is 0.406 e. The van der Waals surface area contributed by atoms with Crippen LogP contribution in [0, 0.1) is 5.92 Å². The number of benzene rings is 1.